The van der Waals surface area contributed by atoms with Crippen molar-refractivity contribution in [3.8, 4) is 0 Å². The maximum atomic E-state index is 5.74. The van der Waals surface area contributed by atoms with Gasteiger partial charge in [-0.05, 0) is 90.5 Å². The summed E-state index contributed by atoms with van der Waals surface area (Å²) in [6.45, 7) is 15.1. The number of aliphatic imine (C=N–C) groups is 1. The number of likely N-dealkylation sites (tertiary alicyclic amines) is 2. The van der Waals surface area contributed by atoms with Crippen LogP contribution in [0.15, 0.2) is 9.41 Å². The number of guanidine groups is 1. The van der Waals surface area contributed by atoms with E-state index in [1.807, 2.05) is 20.9 Å². The van der Waals surface area contributed by atoms with Gasteiger partial charge in [0.05, 0.1) is 12.2 Å². The van der Waals surface area contributed by atoms with Crippen molar-refractivity contribution in [1.82, 2.24) is 25.4 Å². The van der Waals surface area contributed by atoms with Crippen molar-refractivity contribution in [2.45, 2.75) is 59.4 Å². The number of hydrogen-bond donors (Lipinski definition) is 2. The summed E-state index contributed by atoms with van der Waals surface area (Å²) in [6, 6.07) is 0. The van der Waals surface area contributed by atoms with Crippen LogP contribution in [0.3, 0.4) is 0 Å². The van der Waals surface area contributed by atoms with Gasteiger partial charge < -0.3 is 20.0 Å². The van der Waals surface area contributed by atoms with E-state index in [4.69, 9.17) is 4.42 Å². The third kappa shape index (κ3) is 8.88. The molecule has 3 rings (SSSR count). The van der Waals surface area contributed by atoms with Crippen LogP contribution in [0.5, 0.6) is 0 Å². The highest BCUT2D eigenvalue weighted by molar-refractivity contribution is 14.0. The van der Waals surface area contributed by atoms with Gasteiger partial charge in [0.25, 0.3) is 0 Å². The molecule has 2 saturated heterocycles. The molecular weight excluding hydrogens is 503 g/mol. The van der Waals surface area contributed by atoms with Gasteiger partial charge >= 0.3 is 0 Å². The smallest absolute Gasteiger partial charge is 0.208 e. The van der Waals surface area contributed by atoms with E-state index in [0.717, 1.165) is 61.9 Å². The summed E-state index contributed by atoms with van der Waals surface area (Å²) in [5, 5.41) is 7.02. The average Bonchev–Trinajstić information content (AvgIpc) is 3.06. The van der Waals surface area contributed by atoms with Crippen molar-refractivity contribution < 1.29 is 4.42 Å². The highest BCUT2D eigenvalue weighted by Crippen LogP contribution is 2.19. The molecule has 0 saturated carbocycles. The van der Waals surface area contributed by atoms with Crippen LogP contribution in [0.25, 0.3) is 0 Å². The number of oxazole rings is 1. The van der Waals surface area contributed by atoms with Crippen LogP contribution in [0.4, 0.5) is 0 Å². The molecule has 2 aliphatic rings. The van der Waals surface area contributed by atoms with Crippen molar-refractivity contribution in [3.05, 3.63) is 17.3 Å². The van der Waals surface area contributed by atoms with E-state index < -0.39 is 0 Å². The van der Waals surface area contributed by atoms with Crippen LogP contribution in [-0.4, -0.2) is 73.6 Å². The monoisotopic (exact) mass is 546 g/mol. The van der Waals surface area contributed by atoms with Gasteiger partial charge in [0.15, 0.2) is 5.96 Å². The quantitative estimate of drug-likeness (QED) is 0.226. The lowest BCUT2D eigenvalue weighted by Crippen LogP contribution is -2.43. The first-order chi connectivity index (χ1) is 14.5. The molecule has 2 aliphatic heterocycles. The largest absolute Gasteiger partial charge is 0.444 e. The molecule has 1 aromatic heterocycles. The molecule has 0 aliphatic carbocycles. The molecule has 0 aromatic carbocycles. The SMILES string of the molecule is CN=C(NCCCN1CCC(C)CC1)NCC1CCN(Cc2nc(C)c(C)o2)CC1.I. The summed E-state index contributed by atoms with van der Waals surface area (Å²) in [4.78, 5) is 14.0. The standard InChI is InChI=1S/C23H42N6O.HI/c1-18-6-12-28(13-7-18)11-5-10-25-23(24-4)26-16-21-8-14-29(15-9-21)17-22-27-19(2)20(3)30-22;/h18,21H,5-17H2,1-4H3,(H2,24,25,26);1H. The first kappa shape index (κ1) is 26.4. The number of nitrogens with zero attached hydrogens (tertiary/aromatic N) is 4. The zero-order chi connectivity index (χ0) is 21.3. The Kier molecular flexibility index (Phi) is 11.6. The Morgan fingerprint density at radius 3 is 2.35 bits per heavy atom. The molecule has 2 fully saturated rings. The van der Waals surface area contributed by atoms with Crippen molar-refractivity contribution in [3.63, 3.8) is 0 Å². The lowest BCUT2D eigenvalue weighted by atomic mass is 9.97. The van der Waals surface area contributed by atoms with E-state index in [2.05, 4.69) is 37.3 Å². The Balaban J connectivity index is 0.00000341. The number of piperidine rings is 2. The van der Waals surface area contributed by atoms with Gasteiger partial charge in [-0.2, -0.15) is 0 Å². The molecule has 0 unspecified atom stereocenters. The zero-order valence-corrected chi connectivity index (χ0v) is 22.3. The molecule has 0 spiro atoms. The summed E-state index contributed by atoms with van der Waals surface area (Å²) in [6.07, 6.45) is 6.29. The molecule has 178 valence electrons. The number of nitrogens with one attached hydrogen (secondary N) is 2. The molecular formula is C23H43IN6O. The van der Waals surface area contributed by atoms with Crippen LogP contribution in [0.2, 0.25) is 0 Å². The normalized spacial score (nSPS) is 19.9. The van der Waals surface area contributed by atoms with E-state index >= 15 is 0 Å². The van der Waals surface area contributed by atoms with Crippen molar-refractivity contribution in [2.24, 2.45) is 16.8 Å². The maximum Gasteiger partial charge on any atom is 0.208 e. The first-order valence-corrected chi connectivity index (χ1v) is 11.9. The van der Waals surface area contributed by atoms with Gasteiger partial charge in [0, 0.05) is 20.1 Å². The molecule has 8 heteroatoms. The van der Waals surface area contributed by atoms with Crippen molar-refractivity contribution in [1.29, 1.82) is 0 Å². The van der Waals surface area contributed by atoms with Gasteiger partial charge in [0.1, 0.15) is 5.76 Å². The highest BCUT2D eigenvalue weighted by Gasteiger charge is 2.21. The molecule has 0 atom stereocenters. The molecule has 0 amide bonds. The summed E-state index contributed by atoms with van der Waals surface area (Å²) >= 11 is 0. The lowest BCUT2D eigenvalue weighted by molar-refractivity contribution is 0.164. The van der Waals surface area contributed by atoms with Crippen LogP contribution < -0.4 is 10.6 Å². The fourth-order valence-corrected chi connectivity index (χ4v) is 4.40. The summed E-state index contributed by atoms with van der Waals surface area (Å²) in [5.41, 5.74) is 1.01. The van der Waals surface area contributed by atoms with Crippen LogP contribution in [-0.2, 0) is 6.54 Å². The first-order valence-electron chi connectivity index (χ1n) is 11.9. The van der Waals surface area contributed by atoms with Crippen LogP contribution in [0, 0.1) is 25.7 Å². The number of aryl methyl sites for hydroxylation is 2. The molecule has 2 N–H and O–H groups in total. The van der Waals surface area contributed by atoms with Crippen LogP contribution in [0.1, 0.15) is 56.4 Å². The predicted octanol–water partition coefficient (Wildman–Crippen LogP) is 3.41. The zero-order valence-electron chi connectivity index (χ0n) is 20.0. The van der Waals surface area contributed by atoms with Gasteiger partial charge in [-0.15, -0.1) is 24.0 Å². The minimum Gasteiger partial charge on any atom is -0.444 e. The Morgan fingerprint density at radius 2 is 1.74 bits per heavy atom. The summed E-state index contributed by atoms with van der Waals surface area (Å²) in [7, 11) is 1.87. The number of aromatic nitrogens is 1. The van der Waals surface area contributed by atoms with Gasteiger partial charge in [0.2, 0.25) is 5.89 Å². The molecule has 31 heavy (non-hydrogen) atoms. The lowest BCUT2D eigenvalue weighted by Gasteiger charge is -2.31. The van der Waals surface area contributed by atoms with E-state index in [1.165, 1.54) is 51.7 Å². The van der Waals surface area contributed by atoms with Gasteiger partial charge in [-0.1, -0.05) is 6.92 Å². The predicted molar refractivity (Wildman–Crippen MR) is 138 cm³/mol. The van der Waals surface area contributed by atoms with E-state index in [1.54, 1.807) is 0 Å². The molecule has 7 nitrogen and oxygen atoms in total. The van der Waals surface area contributed by atoms with Crippen LogP contribution >= 0.6 is 24.0 Å². The summed E-state index contributed by atoms with van der Waals surface area (Å²) in [5.74, 6) is 4.34. The fraction of sp³-hybridized carbons (Fsp3) is 0.826. The minimum absolute atomic E-state index is 0. The molecule has 0 radical (unpaired) electrons. The minimum atomic E-state index is 0. The number of hydrogen-bond acceptors (Lipinski definition) is 5. The molecule has 3 heterocycles. The second-order valence-electron chi connectivity index (χ2n) is 9.23. The fourth-order valence-electron chi connectivity index (χ4n) is 4.40. The number of halogens is 1. The van der Waals surface area contributed by atoms with Crippen molar-refractivity contribution >= 4 is 29.9 Å². The average molecular weight is 547 g/mol. The Bertz CT molecular complexity index is 644. The Labute approximate surface area is 205 Å². The van der Waals surface area contributed by atoms with Gasteiger partial charge in [-0.25, -0.2) is 4.98 Å². The molecule has 1 aromatic rings. The topological polar surface area (TPSA) is 68.9 Å². The third-order valence-electron chi connectivity index (χ3n) is 6.74. The van der Waals surface area contributed by atoms with Gasteiger partial charge in [-0.3, -0.25) is 9.89 Å². The van der Waals surface area contributed by atoms with Crippen molar-refractivity contribution in [2.75, 3.05) is 52.9 Å². The van der Waals surface area contributed by atoms with E-state index in [0.29, 0.717) is 5.92 Å². The van der Waals surface area contributed by atoms with E-state index in [-0.39, 0.29) is 24.0 Å². The summed E-state index contributed by atoms with van der Waals surface area (Å²) < 4.78 is 5.74. The number of rotatable bonds is 8. The maximum absolute atomic E-state index is 5.74. The highest BCUT2D eigenvalue weighted by atomic mass is 127. The Hall–Kier alpha value is -0.870. The van der Waals surface area contributed by atoms with E-state index in [9.17, 15) is 0 Å². The third-order valence-corrected chi connectivity index (χ3v) is 6.74. The molecule has 0 bridgehead atoms. The Morgan fingerprint density at radius 1 is 1.06 bits per heavy atom. The second-order valence-corrected chi connectivity index (χ2v) is 9.23. The second kappa shape index (κ2) is 13.6.